The molecular weight excluding hydrogens is 330 g/mol. The highest BCUT2D eigenvalue weighted by atomic mass is 35.5. The van der Waals surface area contributed by atoms with Crippen LogP contribution in [-0.4, -0.2) is 15.7 Å². The maximum Gasteiger partial charge on any atom is 0.276 e. The molecule has 1 N–H and O–H groups in total. The molecule has 6 nitrogen and oxygen atoms in total. The number of hydrogen-bond donors (Lipinski definition) is 1. The minimum atomic E-state index is -0.572. The maximum absolute atomic E-state index is 12.3. The van der Waals surface area contributed by atoms with Gasteiger partial charge in [-0.05, 0) is 31.2 Å². The lowest BCUT2D eigenvalue weighted by Crippen LogP contribution is -2.31. The molecule has 0 aliphatic heterocycles. The third-order valence-corrected chi connectivity index (χ3v) is 3.73. The molecule has 122 valence electrons. The molecule has 1 amide bonds. The van der Waals surface area contributed by atoms with Crippen LogP contribution in [0.15, 0.2) is 57.9 Å². The Labute approximate surface area is 142 Å². The molecule has 0 aliphatic carbocycles. The van der Waals surface area contributed by atoms with Crippen molar-refractivity contribution in [3.05, 3.63) is 81.1 Å². The van der Waals surface area contributed by atoms with E-state index in [1.807, 2.05) is 0 Å². The summed E-state index contributed by atoms with van der Waals surface area (Å²) < 4.78 is 6.62. The smallest absolute Gasteiger partial charge is 0.276 e. The number of rotatable bonds is 4. The van der Waals surface area contributed by atoms with Crippen LogP contribution in [-0.2, 0) is 6.54 Å². The number of aryl methyl sites for hydroxylation is 1. The Hall–Kier alpha value is -2.86. The first-order chi connectivity index (χ1) is 11.6. The number of aromatic nitrogens is 2. The average Bonchev–Trinajstić information content (AvgIpc) is 3.07. The number of para-hydroxylation sites is 1. The second-order valence-electron chi connectivity index (χ2n) is 5.12. The maximum atomic E-state index is 12.3. The summed E-state index contributed by atoms with van der Waals surface area (Å²) in [6.07, 6.45) is 1.51. The summed E-state index contributed by atoms with van der Waals surface area (Å²) in [5, 5.41) is 7.26. The van der Waals surface area contributed by atoms with Gasteiger partial charge in [0.05, 0.1) is 23.5 Å². The number of amides is 1. The molecule has 2 heterocycles. The minimum absolute atomic E-state index is 0.174. The van der Waals surface area contributed by atoms with Crippen LogP contribution in [0.5, 0.6) is 0 Å². The number of halogens is 1. The second-order valence-corrected chi connectivity index (χ2v) is 5.53. The lowest BCUT2D eigenvalue weighted by Gasteiger charge is -2.12. The van der Waals surface area contributed by atoms with Crippen LogP contribution in [0, 0.1) is 6.92 Å². The Balaban J connectivity index is 1.94. The van der Waals surface area contributed by atoms with Crippen LogP contribution >= 0.6 is 11.6 Å². The molecule has 7 heteroatoms. The normalized spacial score (nSPS) is 10.6. The van der Waals surface area contributed by atoms with Gasteiger partial charge in [0.25, 0.3) is 5.91 Å². The highest BCUT2D eigenvalue weighted by Crippen LogP contribution is 2.19. The molecule has 0 saturated carbocycles. The molecule has 0 bridgehead atoms. The Morgan fingerprint density at radius 3 is 2.79 bits per heavy atom. The van der Waals surface area contributed by atoms with Crippen molar-refractivity contribution in [2.75, 3.05) is 0 Å². The molecule has 24 heavy (non-hydrogen) atoms. The van der Waals surface area contributed by atoms with Gasteiger partial charge in [-0.1, -0.05) is 23.7 Å². The lowest BCUT2D eigenvalue weighted by atomic mass is 10.2. The fourth-order valence-electron chi connectivity index (χ4n) is 2.24. The Kier molecular flexibility index (Phi) is 4.48. The summed E-state index contributed by atoms with van der Waals surface area (Å²) in [5.74, 6) is 0.0131. The quantitative estimate of drug-likeness (QED) is 0.790. The predicted molar refractivity (Wildman–Crippen MR) is 89.5 cm³/mol. The van der Waals surface area contributed by atoms with Gasteiger partial charge in [0.15, 0.2) is 5.69 Å². The Morgan fingerprint density at radius 2 is 2.08 bits per heavy atom. The van der Waals surface area contributed by atoms with E-state index in [4.69, 9.17) is 16.0 Å². The number of nitrogens with one attached hydrogen (secondary N) is 1. The molecule has 3 aromatic rings. The van der Waals surface area contributed by atoms with Crippen molar-refractivity contribution in [3.63, 3.8) is 0 Å². The molecule has 0 unspecified atom stereocenters. The van der Waals surface area contributed by atoms with E-state index in [2.05, 4.69) is 10.4 Å². The standard InChI is InChI=1S/C17H14ClN3O3/c1-11-9-15(22)16(17(23)19-10-12-5-4-8-24-12)20-21(11)14-7-3-2-6-13(14)18/h2-9H,10H2,1H3,(H,19,23). The first kappa shape index (κ1) is 16.0. The number of furan rings is 1. The van der Waals surface area contributed by atoms with Crippen LogP contribution in [0.2, 0.25) is 5.02 Å². The van der Waals surface area contributed by atoms with Crippen molar-refractivity contribution >= 4 is 17.5 Å². The molecule has 0 radical (unpaired) electrons. The van der Waals surface area contributed by atoms with E-state index >= 15 is 0 Å². The minimum Gasteiger partial charge on any atom is -0.467 e. The number of carbonyl (C=O) groups is 1. The van der Waals surface area contributed by atoms with Gasteiger partial charge in [0.2, 0.25) is 5.43 Å². The van der Waals surface area contributed by atoms with Crippen molar-refractivity contribution in [1.82, 2.24) is 15.1 Å². The van der Waals surface area contributed by atoms with E-state index in [0.29, 0.717) is 22.2 Å². The van der Waals surface area contributed by atoms with Crippen LogP contribution in [0.25, 0.3) is 5.69 Å². The summed E-state index contributed by atoms with van der Waals surface area (Å²) in [6.45, 7) is 1.90. The van der Waals surface area contributed by atoms with E-state index in [1.54, 1.807) is 43.3 Å². The number of hydrogen-bond acceptors (Lipinski definition) is 4. The zero-order chi connectivity index (χ0) is 17.1. The van der Waals surface area contributed by atoms with Crippen molar-refractivity contribution in [3.8, 4) is 5.69 Å². The van der Waals surface area contributed by atoms with Crippen molar-refractivity contribution in [2.24, 2.45) is 0 Å². The SMILES string of the molecule is Cc1cc(=O)c(C(=O)NCc2ccco2)nn1-c1ccccc1Cl. The summed E-state index contributed by atoms with van der Waals surface area (Å²) in [5.41, 5.74) is 0.521. The topological polar surface area (TPSA) is 77.1 Å². The predicted octanol–water partition coefficient (Wildman–Crippen LogP) is 2.72. The van der Waals surface area contributed by atoms with Gasteiger partial charge >= 0.3 is 0 Å². The number of carbonyl (C=O) groups excluding carboxylic acids is 1. The molecule has 1 aromatic carbocycles. The molecule has 3 rings (SSSR count). The summed E-state index contributed by atoms with van der Waals surface area (Å²) in [6, 6.07) is 11.9. The van der Waals surface area contributed by atoms with E-state index in [0.717, 1.165) is 0 Å². The third kappa shape index (κ3) is 3.23. The number of benzene rings is 1. The highest BCUT2D eigenvalue weighted by molar-refractivity contribution is 6.32. The monoisotopic (exact) mass is 343 g/mol. The van der Waals surface area contributed by atoms with Crippen LogP contribution in [0.3, 0.4) is 0 Å². The van der Waals surface area contributed by atoms with Gasteiger partial charge in [-0.3, -0.25) is 9.59 Å². The van der Waals surface area contributed by atoms with Crippen LogP contribution < -0.4 is 10.7 Å². The van der Waals surface area contributed by atoms with Crippen LogP contribution in [0.4, 0.5) is 0 Å². The van der Waals surface area contributed by atoms with Crippen LogP contribution in [0.1, 0.15) is 21.9 Å². The van der Waals surface area contributed by atoms with E-state index in [1.165, 1.54) is 17.0 Å². The van der Waals surface area contributed by atoms with E-state index in [9.17, 15) is 9.59 Å². The average molecular weight is 344 g/mol. The molecular formula is C17H14ClN3O3. The van der Waals surface area contributed by atoms with Gasteiger partial charge in [0.1, 0.15) is 5.76 Å². The van der Waals surface area contributed by atoms with Gasteiger partial charge in [-0.25, -0.2) is 4.68 Å². The molecule has 0 spiro atoms. The summed E-state index contributed by atoms with van der Waals surface area (Å²) >= 11 is 6.18. The highest BCUT2D eigenvalue weighted by Gasteiger charge is 2.16. The van der Waals surface area contributed by atoms with Crippen molar-refractivity contribution in [2.45, 2.75) is 13.5 Å². The summed E-state index contributed by atoms with van der Waals surface area (Å²) in [4.78, 5) is 24.4. The fraction of sp³-hybridized carbons (Fsp3) is 0.118. The second kappa shape index (κ2) is 6.72. The zero-order valence-electron chi connectivity index (χ0n) is 12.8. The number of nitrogens with zero attached hydrogens (tertiary/aromatic N) is 2. The first-order valence-corrected chi connectivity index (χ1v) is 7.60. The van der Waals surface area contributed by atoms with Gasteiger partial charge in [-0.15, -0.1) is 0 Å². The van der Waals surface area contributed by atoms with E-state index in [-0.39, 0.29) is 12.2 Å². The Bertz CT molecular complexity index is 933. The van der Waals surface area contributed by atoms with E-state index < -0.39 is 11.3 Å². The summed E-state index contributed by atoms with van der Waals surface area (Å²) in [7, 11) is 0. The van der Waals surface area contributed by atoms with Gasteiger partial charge in [-0.2, -0.15) is 5.10 Å². The first-order valence-electron chi connectivity index (χ1n) is 7.23. The fourth-order valence-corrected chi connectivity index (χ4v) is 2.45. The van der Waals surface area contributed by atoms with Gasteiger partial charge < -0.3 is 9.73 Å². The zero-order valence-corrected chi connectivity index (χ0v) is 13.6. The largest absolute Gasteiger partial charge is 0.467 e. The third-order valence-electron chi connectivity index (χ3n) is 3.41. The molecule has 0 fully saturated rings. The van der Waals surface area contributed by atoms with Crippen molar-refractivity contribution in [1.29, 1.82) is 0 Å². The lowest BCUT2D eigenvalue weighted by molar-refractivity contribution is 0.0940. The van der Waals surface area contributed by atoms with Crippen molar-refractivity contribution < 1.29 is 9.21 Å². The molecule has 0 aliphatic rings. The van der Waals surface area contributed by atoms with Gasteiger partial charge in [0, 0.05) is 11.8 Å². The molecule has 0 atom stereocenters. The molecule has 0 saturated heterocycles. The Morgan fingerprint density at radius 1 is 1.29 bits per heavy atom. The molecule has 2 aromatic heterocycles.